The molecule has 2 aromatic carbocycles. The lowest BCUT2D eigenvalue weighted by Crippen LogP contribution is -2.36. The number of rotatable bonds is 6. The van der Waals surface area contributed by atoms with Crippen molar-refractivity contribution in [2.45, 2.75) is 44.4 Å². The summed E-state index contributed by atoms with van der Waals surface area (Å²) in [7, 11) is -3.63. The van der Waals surface area contributed by atoms with Crippen LogP contribution in [-0.2, 0) is 10.0 Å². The predicted octanol–water partition coefficient (Wildman–Crippen LogP) is 4.04. The summed E-state index contributed by atoms with van der Waals surface area (Å²) in [5.74, 6) is -0.316. The number of hydrogen-bond donors (Lipinski definition) is 0. The van der Waals surface area contributed by atoms with E-state index in [4.69, 9.17) is 5.26 Å². The number of hydrogen-bond acceptors (Lipinski definition) is 4. The number of carbonyl (C=O) groups excluding carboxylic acids is 1. The van der Waals surface area contributed by atoms with Gasteiger partial charge in [0.2, 0.25) is 10.0 Å². The summed E-state index contributed by atoms with van der Waals surface area (Å²) >= 11 is 0. The third-order valence-electron chi connectivity index (χ3n) is 5.53. The van der Waals surface area contributed by atoms with Gasteiger partial charge in [-0.3, -0.25) is 4.79 Å². The van der Waals surface area contributed by atoms with E-state index in [1.165, 1.54) is 16.4 Å². The van der Waals surface area contributed by atoms with Gasteiger partial charge in [0.1, 0.15) is 0 Å². The first-order valence-corrected chi connectivity index (χ1v) is 11.6. The van der Waals surface area contributed by atoms with Crippen LogP contribution in [0.5, 0.6) is 0 Å². The molecule has 7 heteroatoms. The Morgan fingerprint density at radius 1 is 1.07 bits per heavy atom. The minimum atomic E-state index is -3.63. The number of piperidine rings is 1. The third kappa shape index (κ3) is 4.72. The molecular weight excluding hydrogens is 398 g/mol. The van der Waals surface area contributed by atoms with Crippen molar-refractivity contribution in [2.75, 3.05) is 24.5 Å². The fourth-order valence-corrected chi connectivity index (χ4v) is 5.17. The second kappa shape index (κ2) is 9.41. The molecule has 1 fully saturated rings. The van der Waals surface area contributed by atoms with Crippen molar-refractivity contribution in [3.63, 3.8) is 0 Å². The molecule has 0 radical (unpaired) electrons. The third-order valence-corrected chi connectivity index (χ3v) is 7.42. The molecule has 1 heterocycles. The lowest BCUT2D eigenvalue weighted by Gasteiger charge is -2.26. The summed E-state index contributed by atoms with van der Waals surface area (Å²) in [5.41, 5.74) is 3.15. The van der Waals surface area contributed by atoms with Crippen molar-refractivity contribution in [3.05, 3.63) is 59.2 Å². The Balaban J connectivity index is 1.94. The van der Waals surface area contributed by atoms with Crippen molar-refractivity contribution in [3.8, 4) is 6.07 Å². The Labute approximate surface area is 178 Å². The lowest BCUT2D eigenvalue weighted by molar-refractivity contribution is 0.0987. The highest BCUT2D eigenvalue weighted by Crippen LogP contribution is 2.24. The maximum Gasteiger partial charge on any atom is 0.258 e. The summed E-state index contributed by atoms with van der Waals surface area (Å²) in [5, 5.41) is 9.04. The molecular formula is C23H27N3O3S. The first-order valence-electron chi connectivity index (χ1n) is 10.2. The van der Waals surface area contributed by atoms with Crippen LogP contribution in [0.1, 0.15) is 47.2 Å². The molecule has 0 unspecified atom stereocenters. The zero-order valence-electron chi connectivity index (χ0n) is 17.5. The van der Waals surface area contributed by atoms with Gasteiger partial charge >= 0.3 is 0 Å². The monoisotopic (exact) mass is 425 g/mol. The Hall–Kier alpha value is -2.69. The normalized spacial score (nSPS) is 14.8. The molecule has 1 aliphatic heterocycles. The van der Waals surface area contributed by atoms with Crippen LogP contribution in [0, 0.1) is 25.2 Å². The van der Waals surface area contributed by atoms with Gasteiger partial charge in [-0.05, 0) is 68.1 Å². The first kappa shape index (κ1) is 22.0. The van der Waals surface area contributed by atoms with Crippen molar-refractivity contribution >= 4 is 21.6 Å². The molecule has 0 spiro atoms. The second-order valence-corrected chi connectivity index (χ2v) is 9.56. The highest BCUT2D eigenvalue weighted by Gasteiger charge is 2.27. The van der Waals surface area contributed by atoms with E-state index in [0.29, 0.717) is 24.3 Å². The fraction of sp³-hybridized carbons (Fsp3) is 0.391. The Bertz CT molecular complexity index is 1070. The van der Waals surface area contributed by atoms with Gasteiger partial charge in [0.05, 0.1) is 17.4 Å². The molecule has 30 heavy (non-hydrogen) atoms. The van der Waals surface area contributed by atoms with Crippen LogP contribution in [0.3, 0.4) is 0 Å². The molecule has 0 atom stereocenters. The fourth-order valence-electron chi connectivity index (χ4n) is 3.60. The van der Waals surface area contributed by atoms with Crippen LogP contribution >= 0.6 is 0 Å². The number of sulfonamides is 1. The smallest absolute Gasteiger partial charge is 0.258 e. The largest absolute Gasteiger partial charge is 0.307 e. The molecule has 6 nitrogen and oxygen atoms in total. The molecule has 0 aromatic heterocycles. The number of benzene rings is 2. The van der Waals surface area contributed by atoms with E-state index >= 15 is 0 Å². The van der Waals surface area contributed by atoms with E-state index in [0.717, 1.165) is 30.4 Å². The minimum absolute atomic E-state index is 0.135. The van der Waals surface area contributed by atoms with Crippen molar-refractivity contribution in [2.24, 2.45) is 0 Å². The Morgan fingerprint density at radius 2 is 1.80 bits per heavy atom. The lowest BCUT2D eigenvalue weighted by atomic mass is 10.1. The van der Waals surface area contributed by atoms with E-state index in [9.17, 15) is 13.2 Å². The highest BCUT2D eigenvalue weighted by atomic mass is 32.2. The number of amides is 1. The molecule has 0 aliphatic carbocycles. The summed E-state index contributed by atoms with van der Waals surface area (Å²) in [6, 6.07) is 14.0. The van der Waals surface area contributed by atoms with Gasteiger partial charge < -0.3 is 4.90 Å². The molecule has 0 saturated carbocycles. The van der Waals surface area contributed by atoms with Crippen molar-refractivity contribution in [1.82, 2.24) is 4.31 Å². The second-order valence-electron chi connectivity index (χ2n) is 7.63. The summed E-state index contributed by atoms with van der Waals surface area (Å²) < 4.78 is 27.5. The molecule has 0 bridgehead atoms. The van der Waals surface area contributed by atoms with E-state index < -0.39 is 10.0 Å². The van der Waals surface area contributed by atoms with Gasteiger partial charge in [0.25, 0.3) is 5.91 Å². The van der Waals surface area contributed by atoms with Crippen LogP contribution in [-0.4, -0.2) is 38.3 Å². The van der Waals surface area contributed by atoms with E-state index in [1.54, 1.807) is 17.0 Å². The zero-order valence-corrected chi connectivity index (χ0v) is 18.3. The molecule has 0 N–H and O–H groups in total. The number of anilines is 1. The standard InChI is InChI=1S/C23H27N3O3S/c1-18-10-11-21(16-19(18)2)26(15-7-12-24)23(27)20-8-6-9-22(17-20)30(28,29)25-13-4-3-5-14-25/h6,8-11,16-17H,3-5,7,13-15H2,1-2H3. The number of nitriles is 1. The summed E-state index contributed by atoms with van der Waals surface area (Å²) in [6.07, 6.45) is 2.93. The minimum Gasteiger partial charge on any atom is -0.307 e. The summed E-state index contributed by atoms with van der Waals surface area (Å²) in [4.78, 5) is 15.0. The maximum atomic E-state index is 13.3. The molecule has 2 aromatic rings. The van der Waals surface area contributed by atoms with Crippen LogP contribution in [0.15, 0.2) is 47.4 Å². The predicted molar refractivity (Wildman–Crippen MR) is 117 cm³/mol. The Morgan fingerprint density at radius 3 is 2.47 bits per heavy atom. The van der Waals surface area contributed by atoms with Crippen LogP contribution < -0.4 is 4.90 Å². The van der Waals surface area contributed by atoms with Crippen molar-refractivity contribution < 1.29 is 13.2 Å². The zero-order chi connectivity index (χ0) is 21.7. The molecule has 1 saturated heterocycles. The maximum absolute atomic E-state index is 13.3. The van der Waals surface area contributed by atoms with Crippen LogP contribution in [0.2, 0.25) is 0 Å². The van der Waals surface area contributed by atoms with Gasteiger partial charge in [0, 0.05) is 30.9 Å². The molecule has 1 amide bonds. The van der Waals surface area contributed by atoms with Gasteiger partial charge in [-0.2, -0.15) is 9.57 Å². The molecule has 1 aliphatic rings. The number of nitrogens with zero attached hydrogens (tertiary/aromatic N) is 3. The topological polar surface area (TPSA) is 81.5 Å². The highest BCUT2D eigenvalue weighted by molar-refractivity contribution is 7.89. The van der Waals surface area contributed by atoms with Gasteiger partial charge in [0.15, 0.2) is 0 Å². The van der Waals surface area contributed by atoms with Crippen LogP contribution in [0.25, 0.3) is 0 Å². The van der Waals surface area contributed by atoms with Gasteiger partial charge in [-0.1, -0.05) is 18.6 Å². The number of carbonyl (C=O) groups is 1. The number of aryl methyl sites for hydroxylation is 2. The van der Waals surface area contributed by atoms with E-state index in [1.807, 2.05) is 32.0 Å². The summed E-state index contributed by atoms with van der Waals surface area (Å²) in [6.45, 7) is 5.23. The average Bonchev–Trinajstić information content (AvgIpc) is 2.77. The average molecular weight is 426 g/mol. The van der Waals surface area contributed by atoms with Gasteiger partial charge in [-0.15, -0.1) is 0 Å². The molecule has 158 valence electrons. The van der Waals surface area contributed by atoms with E-state index in [-0.39, 0.29) is 23.8 Å². The quantitative estimate of drug-likeness (QED) is 0.699. The molecule has 3 rings (SSSR count). The van der Waals surface area contributed by atoms with Crippen LogP contribution in [0.4, 0.5) is 5.69 Å². The Kier molecular flexibility index (Phi) is 6.91. The van der Waals surface area contributed by atoms with Crippen molar-refractivity contribution in [1.29, 1.82) is 5.26 Å². The first-order chi connectivity index (χ1) is 14.3. The van der Waals surface area contributed by atoms with Gasteiger partial charge in [-0.25, -0.2) is 8.42 Å². The SMILES string of the molecule is Cc1ccc(N(CCC#N)C(=O)c2cccc(S(=O)(=O)N3CCCCC3)c2)cc1C. The van der Waals surface area contributed by atoms with E-state index in [2.05, 4.69) is 6.07 Å².